The van der Waals surface area contributed by atoms with Crippen LogP contribution in [0.1, 0.15) is 38.7 Å². The van der Waals surface area contributed by atoms with E-state index in [9.17, 15) is 0 Å². The Morgan fingerprint density at radius 1 is 1.29 bits per heavy atom. The van der Waals surface area contributed by atoms with E-state index in [-0.39, 0.29) is 0 Å². The molecule has 1 aromatic carbocycles. The molecule has 21 heavy (non-hydrogen) atoms. The fourth-order valence-electron chi connectivity index (χ4n) is 3.21. The van der Waals surface area contributed by atoms with E-state index < -0.39 is 0 Å². The van der Waals surface area contributed by atoms with Gasteiger partial charge in [0.15, 0.2) is 0 Å². The lowest BCUT2D eigenvalue weighted by atomic mass is 10.0. The van der Waals surface area contributed by atoms with Crippen molar-refractivity contribution in [2.75, 3.05) is 18.4 Å². The molecule has 1 atom stereocenters. The van der Waals surface area contributed by atoms with Gasteiger partial charge < -0.3 is 5.32 Å². The lowest BCUT2D eigenvalue weighted by Gasteiger charge is -2.33. The monoisotopic (exact) mass is 283 g/mol. The van der Waals surface area contributed by atoms with E-state index >= 15 is 0 Å². The molecule has 0 saturated carbocycles. The minimum Gasteiger partial charge on any atom is -0.370 e. The second-order valence-electron chi connectivity index (χ2n) is 6.03. The van der Waals surface area contributed by atoms with Crippen LogP contribution in [0.15, 0.2) is 30.3 Å². The van der Waals surface area contributed by atoms with Gasteiger partial charge in [-0.2, -0.15) is 0 Å². The van der Waals surface area contributed by atoms with Crippen molar-refractivity contribution in [2.24, 2.45) is 0 Å². The predicted molar refractivity (Wildman–Crippen MR) is 89.6 cm³/mol. The lowest BCUT2D eigenvalue weighted by molar-refractivity contribution is 0.153. The summed E-state index contributed by atoms with van der Waals surface area (Å²) < 4.78 is 0. The largest absolute Gasteiger partial charge is 0.370 e. The summed E-state index contributed by atoms with van der Waals surface area (Å²) >= 11 is 0. The van der Waals surface area contributed by atoms with E-state index in [1.54, 1.807) is 0 Å². The van der Waals surface area contributed by atoms with Crippen molar-refractivity contribution in [3.8, 4) is 0 Å². The number of nitrogens with one attached hydrogen (secondary N) is 1. The summed E-state index contributed by atoms with van der Waals surface area (Å²) in [5.74, 6) is 1.05. The maximum Gasteiger partial charge on any atom is 0.131 e. The molecule has 0 spiro atoms. The highest BCUT2D eigenvalue weighted by atomic mass is 15.2. The van der Waals surface area contributed by atoms with Gasteiger partial charge in [0.2, 0.25) is 0 Å². The molecule has 0 bridgehead atoms. The van der Waals surface area contributed by atoms with Crippen LogP contribution >= 0.6 is 0 Å². The molecule has 3 rings (SSSR count). The van der Waals surface area contributed by atoms with Crippen LogP contribution in [0.25, 0.3) is 10.9 Å². The number of hydrogen-bond donors (Lipinski definition) is 1. The molecular weight excluding hydrogens is 258 g/mol. The van der Waals surface area contributed by atoms with E-state index in [0.29, 0.717) is 6.04 Å². The predicted octanol–water partition coefficient (Wildman–Crippen LogP) is 4.04. The Morgan fingerprint density at radius 2 is 2.14 bits per heavy atom. The fraction of sp³-hybridized carbons (Fsp3) is 0.500. The Morgan fingerprint density at radius 3 is 2.95 bits per heavy atom. The molecular formula is C18H25N3. The number of rotatable bonds is 4. The third kappa shape index (κ3) is 3.18. The summed E-state index contributed by atoms with van der Waals surface area (Å²) in [6, 6.07) is 11.4. The van der Waals surface area contributed by atoms with E-state index in [4.69, 9.17) is 4.98 Å². The number of aromatic nitrogens is 1. The zero-order chi connectivity index (χ0) is 14.7. The summed E-state index contributed by atoms with van der Waals surface area (Å²) in [6.45, 7) is 7.60. The third-order valence-electron chi connectivity index (χ3n) is 4.46. The van der Waals surface area contributed by atoms with Gasteiger partial charge in [-0.05, 0) is 45.4 Å². The maximum absolute atomic E-state index is 4.82. The van der Waals surface area contributed by atoms with Crippen LogP contribution in [0.5, 0.6) is 0 Å². The molecule has 0 aliphatic carbocycles. The summed E-state index contributed by atoms with van der Waals surface area (Å²) in [5, 5.41) is 4.67. The smallest absolute Gasteiger partial charge is 0.131 e. The second-order valence-corrected chi connectivity index (χ2v) is 6.03. The van der Waals surface area contributed by atoms with Crippen molar-refractivity contribution < 1.29 is 0 Å². The number of benzene rings is 1. The fourth-order valence-corrected chi connectivity index (χ4v) is 3.21. The molecule has 1 aliphatic heterocycles. The molecule has 0 radical (unpaired) electrons. The quantitative estimate of drug-likeness (QED) is 0.918. The normalized spacial score (nSPS) is 19.8. The van der Waals surface area contributed by atoms with Crippen LogP contribution in [0.2, 0.25) is 0 Å². The molecule has 112 valence electrons. The Labute approximate surface area is 127 Å². The molecule has 1 saturated heterocycles. The van der Waals surface area contributed by atoms with E-state index in [1.165, 1.54) is 36.8 Å². The maximum atomic E-state index is 4.82. The van der Waals surface area contributed by atoms with Crippen molar-refractivity contribution in [2.45, 2.75) is 45.7 Å². The van der Waals surface area contributed by atoms with Crippen LogP contribution in [-0.2, 0) is 6.54 Å². The summed E-state index contributed by atoms with van der Waals surface area (Å²) in [4.78, 5) is 7.41. The zero-order valence-electron chi connectivity index (χ0n) is 13.1. The molecule has 1 unspecified atom stereocenters. The third-order valence-corrected chi connectivity index (χ3v) is 4.46. The molecule has 1 N–H and O–H groups in total. The number of likely N-dealkylation sites (tertiary alicyclic amines) is 1. The summed E-state index contributed by atoms with van der Waals surface area (Å²) in [5.41, 5.74) is 2.40. The van der Waals surface area contributed by atoms with Gasteiger partial charge in [-0.3, -0.25) is 4.90 Å². The molecule has 0 amide bonds. The molecule has 1 aromatic heterocycles. The van der Waals surface area contributed by atoms with Gasteiger partial charge in [-0.1, -0.05) is 24.6 Å². The Hall–Kier alpha value is -1.61. The van der Waals surface area contributed by atoms with Gasteiger partial charge in [-0.25, -0.2) is 4.98 Å². The van der Waals surface area contributed by atoms with Gasteiger partial charge in [0.1, 0.15) is 5.82 Å². The van der Waals surface area contributed by atoms with E-state index in [2.05, 4.69) is 54.4 Å². The standard InChI is InChI=1S/C18H25N3/c1-3-19-18-16(13-21-11-7-6-8-14(21)2)12-15-9-4-5-10-17(15)20-18/h4-5,9-10,12,14H,3,6-8,11,13H2,1-2H3,(H,19,20). The van der Waals surface area contributed by atoms with Crippen LogP contribution in [0.3, 0.4) is 0 Å². The number of para-hydroxylation sites is 1. The Kier molecular flexibility index (Phi) is 4.39. The minimum absolute atomic E-state index is 0.680. The van der Waals surface area contributed by atoms with Gasteiger partial charge in [0.25, 0.3) is 0 Å². The lowest BCUT2D eigenvalue weighted by Crippen LogP contribution is -2.37. The van der Waals surface area contributed by atoms with Gasteiger partial charge in [-0.15, -0.1) is 0 Å². The molecule has 1 fully saturated rings. The highest BCUT2D eigenvalue weighted by Crippen LogP contribution is 2.25. The first-order chi connectivity index (χ1) is 10.3. The number of piperidine rings is 1. The highest BCUT2D eigenvalue weighted by Gasteiger charge is 2.19. The summed E-state index contributed by atoms with van der Waals surface area (Å²) in [7, 11) is 0. The summed E-state index contributed by atoms with van der Waals surface area (Å²) in [6.07, 6.45) is 4.01. The van der Waals surface area contributed by atoms with Crippen molar-refractivity contribution in [3.05, 3.63) is 35.9 Å². The van der Waals surface area contributed by atoms with Crippen LogP contribution in [0, 0.1) is 0 Å². The first kappa shape index (κ1) is 14.3. The first-order valence-corrected chi connectivity index (χ1v) is 8.14. The SMILES string of the molecule is CCNc1nc2ccccc2cc1CN1CCCCC1C. The molecule has 3 heteroatoms. The molecule has 1 aliphatic rings. The van der Waals surface area contributed by atoms with Gasteiger partial charge >= 0.3 is 0 Å². The Balaban J connectivity index is 1.92. The number of nitrogens with zero attached hydrogens (tertiary/aromatic N) is 2. The molecule has 2 aromatic rings. The number of pyridine rings is 1. The zero-order valence-corrected chi connectivity index (χ0v) is 13.1. The second kappa shape index (κ2) is 6.44. The van der Waals surface area contributed by atoms with Crippen molar-refractivity contribution in [1.29, 1.82) is 0 Å². The van der Waals surface area contributed by atoms with Crippen LogP contribution in [0.4, 0.5) is 5.82 Å². The van der Waals surface area contributed by atoms with Gasteiger partial charge in [0.05, 0.1) is 5.52 Å². The number of fused-ring (bicyclic) bond motifs is 1. The van der Waals surface area contributed by atoms with E-state index in [1.807, 2.05) is 0 Å². The minimum atomic E-state index is 0.680. The first-order valence-electron chi connectivity index (χ1n) is 8.14. The number of hydrogen-bond acceptors (Lipinski definition) is 3. The molecule has 3 nitrogen and oxygen atoms in total. The van der Waals surface area contributed by atoms with Crippen molar-refractivity contribution in [1.82, 2.24) is 9.88 Å². The van der Waals surface area contributed by atoms with E-state index in [0.717, 1.165) is 24.4 Å². The number of anilines is 1. The van der Waals surface area contributed by atoms with Crippen molar-refractivity contribution in [3.63, 3.8) is 0 Å². The molecule has 2 heterocycles. The van der Waals surface area contributed by atoms with Crippen molar-refractivity contribution >= 4 is 16.7 Å². The Bertz CT molecular complexity index is 608. The van der Waals surface area contributed by atoms with Crippen LogP contribution in [-0.4, -0.2) is 29.0 Å². The topological polar surface area (TPSA) is 28.2 Å². The highest BCUT2D eigenvalue weighted by molar-refractivity contribution is 5.81. The van der Waals surface area contributed by atoms with Gasteiger partial charge in [0, 0.05) is 30.1 Å². The average molecular weight is 283 g/mol. The van der Waals surface area contributed by atoms with Crippen LogP contribution < -0.4 is 5.32 Å². The average Bonchev–Trinajstić information content (AvgIpc) is 2.50.